The molecular weight excluding hydrogens is 304 g/mol. The van der Waals surface area contributed by atoms with Crippen LogP contribution in [0, 0.1) is 11.3 Å². The van der Waals surface area contributed by atoms with E-state index >= 15 is 0 Å². The van der Waals surface area contributed by atoms with E-state index in [0.717, 1.165) is 4.47 Å². The lowest BCUT2D eigenvalue weighted by Crippen LogP contribution is -1.91. The lowest BCUT2D eigenvalue weighted by molar-refractivity contribution is 0.461. The van der Waals surface area contributed by atoms with E-state index in [9.17, 15) is 0 Å². The minimum absolute atomic E-state index is 0.276. The summed E-state index contributed by atoms with van der Waals surface area (Å²) in [5.74, 6) is 0.712. The fraction of sp³-hybridized carbons (Fsp3) is 0. The van der Waals surface area contributed by atoms with E-state index in [1.165, 1.54) is 0 Å². The van der Waals surface area contributed by atoms with E-state index in [-0.39, 0.29) is 5.88 Å². The number of pyridine rings is 1. The van der Waals surface area contributed by atoms with Crippen molar-refractivity contribution in [2.24, 2.45) is 0 Å². The maximum absolute atomic E-state index is 8.92. The SMILES string of the molecule is N#Cc1ccccc1Oc1ncc(Br)cc1Cl. The summed E-state index contributed by atoms with van der Waals surface area (Å²) < 4.78 is 6.27. The summed E-state index contributed by atoms with van der Waals surface area (Å²) >= 11 is 9.23. The summed E-state index contributed by atoms with van der Waals surface area (Å²) in [6, 6.07) is 10.6. The Bertz CT molecular complexity index is 595. The first-order valence-electron chi connectivity index (χ1n) is 4.69. The minimum atomic E-state index is 0.276. The molecule has 0 atom stereocenters. The highest BCUT2D eigenvalue weighted by Gasteiger charge is 2.08. The van der Waals surface area contributed by atoms with E-state index < -0.39 is 0 Å². The largest absolute Gasteiger partial charge is 0.436 e. The van der Waals surface area contributed by atoms with Crippen molar-refractivity contribution in [3.8, 4) is 17.7 Å². The van der Waals surface area contributed by atoms with Crippen LogP contribution in [0.1, 0.15) is 5.56 Å². The third kappa shape index (κ3) is 2.76. The molecule has 0 saturated heterocycles. The molecule has 84 valence electrons. The van der Waals surface area contributed by atoms with Crippen molar-refractivity contribution in [3.63, 3.8) is 0 Å². The van der Waals surface area contributed by atoms with Gasteiger partial charge in [0, 0.05) is 10.7 Å². The zero-order chi connectivity index (χ0) is 12.3. The average Bonchev–Trinajstić information content (AvgIpc) is 2.33. The van der Waals surface area contributed by atoms with Crippen molar-refractivity contribution >= 4 is 27.5 Å². The van der Waals surface area contributed by atoms with Crippen molar-refractivity contribution in [1.29, 1.82) is 5.26 Å². The third-order valence-electron chi connectivity index (χ3n) is 1.99. The van der Waals surface area contributed by atoms with Gasteiger partial charge in [0.2, 0.25) is 5.88 Å². The molecule has 0 amide bonds. The molecule has 0 radical (unpaired) electrons. The molecule has 0 aliphatic carbocycles. The maximum atomic E-state index is 8.92. The van der Waals surface area contributed by atoms with Crippen LogP contribution in [0.2, 0.25) is 5.02 Å². The smallest absolute Gasteiger partial charge is 0.238 e. The number of para-hydroxylation sites is 1. The van der Waals surface area contributed by atoms with Crippen molar-refractivity contribution in [3.05, 3.63) is 51.6 Å². The van der Waals surface area contributed by atoms with E-state index in [1.807, 2.05) is 6.07 Å². The molecule has 17 heavy (non-hydrogen) atoms. The molecule has 5 heteroatoms. The summed E-state index contributed by atoms with van der Waals surface area (Å²) in [6.45, 7) is 0. The summed E-state index contributed by atoms with van der Waals surface area (Å²) in [5, 5.41) is 9.30. The van der Waals surface area contributed by atoms with Gasteiger partial charge in [-0.3, -0.25) is 0 Å². The van der Waals surface area contributed by atoms with Crippen molar-refractivity contribution in [2.75, 3.05) is 0 Å². The van der Waals surface area contributed by atoms with Gasteiger partial charge in [0.15, 0.2) is 0 Å². The maximum Gasteiger partial charge on any atom is 0.238 e. The van der Waals surface area contributed by atoms with Gasteiger partial charge in [0.05, 0.1) is 5.56 Å². The van der Waals surface area contributed by atoms with Crippen LogP contribution in [0.5, 0.6) is 11.6 Å². The van der Waals surface area contributed by atoms with Crippen LogP contribution in [0.4, 0.5) is 0 Å². The fourth-order valence-corrected chi connectivity index (χ4v) is 1.90. The minimum Gasteiger partial charge on any atom is -0.436 e. The molecule has 0 N–H and O–H groups in total. The van der Waals surface area contributed by atoms with Gasteiger partial charge in [-0.1, -0.05) is 23.7 Å². The van der Waals surface area contributed by atoms with Gasteiger partial charge in [0.25, 0.3) is 0 Å². The number of ether oxygens (including phenoxy) is 1. The Hall–Kier alpha value is -1.57. The Morgan fingerprint density at radius 3 is 2.82 bits per heavy atom. The zero-order valence-electron chi connectivity index (χ0n) is 8.52. The number of hydrogen-bond acceptors (Lipinski definition) is 3. The quantitative estimate of drug-likeness (QED) is 0.836. The normalized spacial score (nSPS) is 9.71. The molecule has 0 unspecified atom stereocenters. The van der Waals surface area contributed by atoms with Crippen LogP contribution in [0.25, 0.3) is 0 Å². The van der Waals surface area contributed by atoms with Gasteiger partial charge < -0.3 is 4.74 Å². The number of halogens is 2. The molecule has 0 bridgehead atoms. The highest BCUT2D eigenvalue weighted by atomic mass is 79.9. The number of nitrogens with zero attached hydrogens (tertiary/aromatic N) is 2. The monoisotopic (exact) mass is 308 g/mol. The second-order valence-corrected chi connectivity index (χ2v) is 4.47. The molecule has 2 rings (SSSR count). The molecule has 3 nitrogen and oxygen atoms in total. The topological polar surface area (TPSA) is 45.9 Å². The summed E-state index contributed by atoms with van der Waals surface area (Å²) in [5.41, 5.74) is 0.438. The van der Waals surface area contributed by atoms with Gasteiger partial charge in [-0.15, -0.1) is 0 Å². The Balaban J connectivity index is 2.35. The van der Waals surface area contributed by atoms with Crippen molar-refractivity contribution in [1.82, 2.24) is 4.98 Å². The van der Waals surface area contributed by atoms with Crippen LogP contribution < -0.4 is 4.74 Å². The molecule has 0 saturated carbocycles. The summed E-state index contributed by atoms with van der Waals surface area (Å²) in [7, 11) is 0. The van der Waals surface area contributed by atoms with Crippen LogP contribution in [-0.4, -0.2) is 4.98 Å². The molecule has 0 aliphatic heterocycles. The van der Waals surface area contributed by atoms with Gasteiger partial charge in [-0.2, -0.15) is 5.26 Å². The molecule has 0 spiro atoms. The van der Waals surface area contributed by atoms with Crippen LogP contribution >= 0.6 is 27.5 Å². The Morgan fingerprint density at radius 1 is 1.35 bits per heavy atom. The highest BCUT2D eigenvalue weighted by molar-refractivity contribution is 9.10. The Morgan fingerprint density at radius 2 is 2.12 bits per heavy atom. The standard InChI is InChI=1S/C12H6BrClN2O/c13-9-5-10(14)12(16-7-9)17-11-4-2-1-3-8(11)6-15/h1-5,7H. The molecule has 1 heterocycles. The molecule has 1 aromatic heterocycles. The Kier molecular flexibility index (Phi) is 3.62. The predicted octanol–water partition coefficient (Wildman–Crippen LogP) is 4.16. The molecule has 2 aromatic rings. The lowest BCUT2D eigenvalue weighted by atomic mass is 10.2. The number of hydrogen-bond donors (Lipinski definition) is 0. The predicted molar refractivity (Wildman–Crippen MR) is 68.2 cm³/mol. The first kappa shape index (κ1) is 11.9. The summed E-state index contributed by atoms with van der Waals surface area (Å²) in [6.07, 6.45) is 1.58. The first-order valence-corrected chi connectivity index (χ1v) is 5.86. The summed E-state index contributed by atoms with van der Waals surface area (Å²) in [4.78, 5) is 4.04. The number of aromatic nitrogens is 1. The van der Waals surface area contributed by atoms with E-state index in [2.05, 4.69) is 20.9 Å². The molecule has 1 aromatic carbocycles. The molecule has 0 fully saturated rings. The zero-order valence-corrected chi connectivity index (χ0v) is 10.9. The van der Waals surface area contributed by atoms with E-state index in [1.54, 1.807) is 36.5 Å². The first-order chi connectivity index (χ1) is 8.20. The average molecular weight is 310 g/mol. The van der Waals surface area contributed by atoms with Crippen molar-refractivity contribution < 1.29 is 4.74 Å². The van der Waals surface area contributed by atoms with Gasteiger partial charge >= 0.3 is 0 Å². The number of rotatable bonds is 2. The highest BCUT2D eigenvalue weighted by Crippen LogP contribution is 2.30. The molecular formula is C12H6BrClN2O. The van der Waals surface area contributed by atoms with Gasteiger partial charge in [-0.25, -0.2) is 4.98 Å². The third-order valence-corrected chi connectivity index (χ3v) is 2.69. The number of nitriles is 1. The lowest BCUT2D eigenvalue weighted by Gasteiger charge is -2.07. The van der Waals surface area contributed by atoms with Crippen molar-refractivity contribution in [2.45, 2.75) is 0 Å². The fourth-order valence-electron chi connectivity index (χ4n) is 1.23. The molecule has 0 aliphatic rings. The van der Waals surface area contributed by atoms with Gasteiger partial charge in [-0.05, 0) is 34.1 Å². The van der Waals surface area contributed by atoms with Crippen LogP contribution in [-0.2, 0) is 0 Å². The number of benzene rings is 1. The van der Waals surface area contributed by atoms with E-state index in [0.29, 0.717) is 16.3 Å². The van der Waals surface area contributed by atoms with Gasteiger partial charge in [0.1, 0.15) is 16.8 Å². The van der Waals surface area contributed by atoms with E-state index in [4.69, 9.17) is 21.6 Å². The van der Waals surface area contributed by atoms with Crippen LogP contribution in [0.15, 0.2) is 41.0 Å². The van der Waals surface area contributed by atoms with Crippen LogP contribution in [0.3, 0.4) is 0 Å². The second kappa shape index (κ2) is 5.17. The Labute approximate surface area is 112 Å². The second-order valence-electron chi connectivity index (χ2n) is 3.15.